The van der Waals surface area contributed by atoms with Gasteiger partial charge in [-0.05, 0) is 51.7 Å². The van der Waals surface area contributed by atoms with Crippen LogP contribution in [0.15, 0.2) is 24.5 Å². The van der Waals surface area contributed by atoms with Gasteiger partial charge < -0.3 is 28.2 Å². The fourth-order valence-corrected chi connectivity index (χ4v) is 5.70. The molecule has 2 heterocycles. The van der Waals surface area contributed by atoms with Crippen LogP contribution in [-0.4, -0.2) is 68.4 Å². The lowest BCUT2D eigenvalue weighted by Gasteiger charge is -2.34. The monoisotopic (exact) mass is 495 g/mol. The van der Waals surface area contributed by atoms with E-state index in [2.05, 4.69) is 14.9 Å². The molecule has 0 N–H and O–H groups in total. The number of piperidine rings is 1. The van der Waals surface area contributed by atoms with Crippen LogP contribution < -0.4 is 9.64 Å². The van der Waals surface area contributed by atoms with Crippen molar-refractivity contribution in [3.05, 3.63) is 24.5 Å². The molecule has 11 heteroatoms. The van der Waals surface area contributed by atoms with E-state index in [9.17, 15) is 9.36 Å². The van der Waals surface area contributed by atoms with Crippen LogP contribution in [0.1, 0.15) is 33.6 Å². The van der Waals surface area contributed by atoms with E-state index in [1.54, 1.807) is 34.2 Å². The second kappa shape index (κ2) is 12.4. The number of para-hydroxylation sites is 1. The molecule has 10 nitrogen and oxygen atoms in total. The smallest absolute Gasteiger partial charge is 0.370 e. The van der Waals surface area contributed by atoms with E-state index < -0.39 is 19.4 Å². The van der Waals surface area contributed by atoms with Crippen molar-refractivity contribution in [2.45, 2.75) is 39.5 Å². The van der Waals surface area contributed by atoms with E-state index >= 15 is 0 Å². The minimum Gasteiger partial charge on any atom is -0.494 e. The number of fused-ring (bicyclic) bond motifs is 1. The predicted octanol–water partition coefficient (Wildman–Crippen LogP) is 4.03. The Hall–Kier alpha value is -2.26. The summed E-state index contributed by atoms with van der Waals surface area (Å²) in [6.07, 6.45) is 3.19. The van der Waals surface area contributed by atoms with Gasteiger partial charge in [0.05, 0.1) is 33.5 Å². The number of hydrogen-bond acceptors (Lipinski definition) is 10. The summed E-state index contributed by atoms with van der Waals surface area (Å²) in [5.74, 6) is -0.380. The third-order valence-electron chi connectivity index (χ3n) is 5.62. The van der Waals surface area contributed by atoms with Gasteiger partial charge in [-0.1, -0.05) is 6.07 Å². The van der Waals surface area contributed by atoms with Crippen LogP contribution in [0.4, 0.5) is 5.82 Å². The first-order valence-corrected chi connectivity index (χ1v) is 13.3. The van der Waals surface area contributed by atoms with Gasteiger partial charge in [-0.3, -0.25) is 4.57 Å². The standard InChI is InChI=1S/C23H34N3O7P/c1-5-30-22(27)23(34(28,32-6-2)33-7-3)31-15-17-11-13-26(14-12-17)21-18-9-8-10-19(29-4)20(18)24-16-25-21/h8-10,16-17,23H,5-7,11-15H2,1-4H3. The SMILES string of the molecule is CCOC(=O)C(OCC1CCN(c2ncnc3c(OC)cccc23)CC1)P(=O)(OCC)OCC. The Morgan fingerprint density at radius 2 is 1.82 bits per heavy atom. The van der Waals surface area contributed by atoms with Crippen LogP contribution in [0.2, 0.25) is 0 Å². The number of rotatable bonds is 12. The molecular formula is C23H34N3O7P. The van der Waals surface area contributed by atoms with E-state index in [0.29, 0.717) is 5.75 Å². The molecular weight excluding hydrogens is 461 g/mol. The summed E-state index contributed by atoms with van der Waals surface area (Å²) in [6.45, 7) is 7.24. The van der Waals surface area contributed by atoms with Gasteiger partial charge in [-0.25, -0.2) is 14.8 Å². The van der Waals surface area contributed by atoms with Gasteiger partial charge in [0.1, 0.15) is 23.4 Å². The van der Waals surface area contributed by atoms with Crippen molar-refractivity contribution in [1.29, 1.82) is 0 Å². The van der Waals surface area contributed by atoms with Gasteiger partial charge >= 0.3 is 13.6 Å². The molecule has 1 unspecified atom stereocenters. The van der Waals surface area contributed by atoms with Gasteiger partial charge in [0.15, 0.2) is 0 Å². The van der Waals surface area contributed by atoms with E-state index in [1.165, 1.54) is 0 Å². The first-order valence-electron chi connectivity index (χ1n) is 11.7. The molecule has 0 bridgehead atoms. The lowest BCUT2D eigenvalue weighted by atomic mass is 9.97. The first-order chi connectivity index (χ1) is 16.5. The van der Waals surface area contributed by atoms with Crippen LogP contribution in [0.25, 0.3) is 10.9 Å². The van der Waals surface area contributed by atoms with E-state index in [1.807, 2.05) is 18.2 Å². The molecule has 0 spiro atoms. The second-order valence-electron chi connectivity index (χ2n) is 7.80. The zero-order valence-electron chi connectivity index (χ0n) is 20.3. The molecule has 188 valence electrons. The summed E-state index contributed by atoms with van der Waals surface area (Å²) in [6, 6.07) is 5.80. The van der Waals surface area contributed by atoms with Gasteiger partial charge in [-0.2, -0.15) is 0 Å². The minimum atomic E-state index is -3.81. The van der Waals surface area contributed by atoms with Gasteiger partial charge in [-0.15, -0.1) is 0 Å². The molecule has 3 rings (SSSR count). The molecule has 1 aliphatic heterocycles. The van der Waals surface area contributed by atoms with Crippen molar-refractivity contribution in [1.82, 2.24) is 9.97 Å². The zero-order chi connectivity index (χ0) is 24.6. The van der Waals surface area contributed by atoms with Crippen molar-refractivity contribution in [3.8, 4) is 5.75 Å². The van der Waals surface area contributed by atoms with E-state index in [-0.39, 0.29) is 32.3 Å². The fourth-order valence-electron chi connectivity index (χ4n) is 4.04. The average molecular weight is 496 g/mol. The maximum absolute atomic E-state index is 13.2. The van der Waals surface area contributed by atoms with Crippen molar-refractivity contribution in [2.24, 2.45) is 5.92 Å². The molecule has 0 amide bonds. The van der Waals surface area contributed by atoms with Crippen molar-refractivity contribution < 1.29 is 32.6 Å². The number of hydrogen-bond donors (Lipinski definition) is 0. The Bertz CT molecular complexity index is 988. The molecule has 34 heavy (non-hydrogen) atoms. The summed E-state index contributed by atoms with van der Waals surface area (Å²) in [4.78, 5) is 23.6. The van der Waals surface area contributed by atoms with Crippen LogP contribution >= 0.6 is 7.60 Å². The number of carbonyl (C=O) groups is 1. The molecule has 0 saturated carbocycles. The molecule has 0 radical (unpaired) electrons. The summed E-state index contributed by atoms with van der Waals surface area (Å²) >= 11 is 0. The number of ether oxygens (including phenoxy) is 3. The highest BCUT2D eigenvalue weighted by atomic mass is 31.2. The topological polar surface area (TPSA) is 109 Å². The number of benzene rings is 1. The molecule has 1 fully saturated rings. The molecule has 1 atom stereocenters. The van der Waals surface area contributed by atoms with Crippen LogP contribution in [-0.2, 0) is 27.9 Å². The van der Waals surface area contributed by atoms with Gasteiger partial charge in [0.25, 0.3) is 5.85 Å². The van der Waals surface area contributed by atoms with E-state index in [4.69, 9.17) is 23.3 Å². The lowest BCUT2D eigenvalue weighted by Crippen LogP contribution is -2.37. The number of esters is 1. The Morgan fingerprint density at radius 1 is 1.12 bits per heavy atom. The highest BCUT2D eigenvalue weighted by Crippen LogP contribution is 2.54. The van der Waals surface area contributed by atoms with Crippen LogP contribution in [0.3, 0.4) is 0 Å². The summed E-state index contributed by atoms with van der Waals surface area (Å²) in [5.41, 5.74) is 0.778. The quantitative estimate of drug-likeness (QED) is 0.316. The van der Waals surface area contributed by atoms with Crippen molar-refractivity contribution >= 4 is 30.3 Å². The Morgan fingerprint density at radius 3 is 2.44 bits per heavy atom. The number of anilines is 1. The Labute approximate surface area is 200 Å². The molecule has 1 aliphatic rings. The maximum Gasteiger partial charge on any atom is 0.370 e. The third-order valence-corrected chi connectivity index (χ3v) is 7.79. The summed E-state index contributed by atoms with van der Waals surface area (Å²) in [5, 5.41) is 0.938. The van der Waals surface area contributed by atoms with Crippen molar-refractivity contribution in [3.63, 3.8) is 0 Å². The summed E-state index contributed by atoms with van der Waals surface area (Å²) < 4.78 is 40.3. The van der Waals surface area contributed by atoms with Gasteiger partial charge in [0.2, 0.25) is 0 Å². The zero-order valence-corrected chi connectivity index (χ0v) is 21.2. The largest absolute Gasteiger partial charge is 0.494 e. The highest BCUT2D eigenvalue weighted by Gasteiger charge is 2.44. The molecule has 2 aromatic rings. The fraction of sp³-hybridized carbons (Fsp3) is 0.609. The second-order valence-corrected chi connectivity index (χ2v) is 9.86. The van der Waals surface area contributed by atoms with Crippen LogP contribution in [0, 0.1) is 5.92 Å². The number of aromatic nitrogens is 2. The molecule has 1 aromatic carbocycles. The number of nitrogens with zero attached hydrogens (tertiary/aromatic N) is 3. The number of carbonyl (C=O) groups excluding carboxylic acids is 1. The first kappa shape index (κ1) is 26.3. The third kappa shape index (κ3) is 6.05. The highest BCUT2D eigenvalue weighted by molar-refractivity contribution is 7.55. The molecule has 1 aromatic heterocycles. The minimum absolute atomic E-state index is 0.132. The number of methoxy groups -OCH3 is 1. The summed E-state index contributed by atoms with van der Waals surface area (Å²) in [7, 11) is -2.19. The Kier molecular flexibility index (Phi) is 9.64. The van der Waals surface area contributed by atoms with Crippen molar-refractivity contribution in [2.75, 3.05) is 51.5 Å². The predicted molar refractivity (Wildman–Crippen MR) is 128 cm³/mol. The lowest BCUT2D eigenvalue weighted by molar-refractivity contribution is -0.153. The average Bonchev–Trinajstić information content (AvgIpc) is 2.84. The normalized spacial score (nSPS) is 15.9. The van der Waals surface area contributed by atoms with Crippen LogP contribution in [0.5, 0.6) is 5.75 Å². The van der Waals surface area contributed by atoms with Gasteiger partial charge in [0, 0.05) is 18.5 Å². The molecule has 1 saturated heterocycles. The maximum atomic E-state index is 13.2. The van der Waals surface area contributed by atoms with E-state index in [0.717, 1.165) is 42.7 Å². The molecule has 0 aliphatic carbocycles. The Balaban J connectivity index is 1.66.